The predicted molar refractivity (Wildman–Crippen MR) is 45.5 cm³/mol. The summed E-state index contributed by atoms with van der Waals surface area (Å²) in [5.41, 5.74) is 2.77. The zero-order valence-corrected chi connectivity index (χ0v) is 6.77. The number of hydrogen-bond donors (Lipinski definition) is 2. The maximum atomic E-state index is 5.30. The molecular formula is C8H18N2. The minimum atomic E-state index is 0.428. The number of nitrogens with one attached hydrogen (secondary N) is 1. The fourth-order valence-corrected chi connectivity index (χ4v) is 0.921. The van der Waals surface area contributed by atoms with Crippen molar-refractivity contribution >= 4 is 0 Å². The lowest BCUT2D eigenvalue weighted by Gasteiger charge is -2.11. The lowest BCUT2D eigenvalue weighted by molar-refractivity contribution is 0.480. The first-order valence-corrected chi connectivity index (χ1v) is 3.92. The van der Waals surface area contributed by atoms with E-state index < -0.39 is 0 Å². The molecule has 60 valence electrons. The standard InChI is InChI=1S/C8H18N2/c1-3-5-7-8(10-9)6-4-2/h4,8,10H,2-3,5-7,9H2,1H3. The van der Waals surface area contributed by atoms with Crippen LogP contribution in [0.4, 0.5) is 0 Å². The van der Waals surface area contributed by atoms with Crippen LogP contribution in [0.3, 0.4) is 0 Å². The quantitative estimate of drug-likeness (QED) is 0.336. The van der Waals surface area contributed by atoms with Crippen molar-refractivity contribution in [1.29, 1.82) is 0 Å². The summed E-state index contributed by atoms with van der Waals surface area (Å²) in [6, 6.07) is 0.428. The van der Waals surface area contributed by atoms with Crippen LogP contribution in [-0.2, 0) is 0 Å². The minimum Gasteiger partial charge on any atom is -0.271 e. The van der Waals surface area contributed by atoms with Gasteiger partial charge in [0.15, 0.2) is 0 Å². The van der Waals surface area contributed by atoms with E-state index in [-0.39, 0.29) is 0 Å². The Balaban J connectivity index is 3.29. The van der Waals surface area contributed by atoms with Crippen LogP contribution in [0.15, 0.2) is 12.7 Å². The van der Waals surface area contributed by atoms with Crippen LogP contribution in [0.5, 0.6) is 0 Å². The van der Waals surface area contributed by atoms with Crippen molar-refractivity contribution in [2.75, 3.05) is 0 Å². The van der Waals surface area contributed by atoms with Crippen molar-refractivity contribution in [2.45, 2.75) is 38.6 Å². The molecule has 0 spiro atoms. The molecule has 0 aliphatic rings. The molecule has 0 heterocycles. The predicted octanol–water partition coefficient (Wildman–Crippen LogP) is 1.58. The number of unbranched alkanes of at least 4 members (excludes halogenated alkanes) is 1. The zero-order valence-electron chi connectivity index (χ0n) is 6.77. The van der Waals surface area contributed by atoms with E-state index in [2.05, 4.69) is 18.9 Å². The van der Waals surface area contributed by atoms with Gasteiger partial charge in [0.2, 0.25) is 0 Å². The largest absolute Gasteiger partial charge is 0.271 e. The molecule has 0 amide bonds. The molecule has 0 aromatic rings. The van der Waals surface area contributed by atoms with Gasteiger partial charge in [0.25, 0.3) is 0 Å². The molecule has 2 nitrogen and oxygen atoms in total. The van der Waals surface area contributed by atoms with E-state index in [1.165, 1.54) is 12.8 Å². The summed E-state index contributed by atoms with van der Waals surface area (Å²) in [6.45, 7) is 5.84. The maximum absolute atomic E-state index is 5.30. The molecular weight excluding hydrogens is 124 g/mol. The van der Waals surface area contributed by atoms with E-state index in [9.17, 15) is 0 Å². The highest BCUT2D eigenvalue weighted by Crippen LogP contribution is 2.02. The highest BCUT2D eigenvalue weighted by Gasteiger charge is 2.01. The first-order valence-electron chi connectivity index (χ1n) is 3.92. The van der Waals surface area contributed by atoms with E-state index in [1.54, 1.807) is 0 Å². The van der Waals surface area contributed by atoms with Gasteiger partial charge in [-0.3, -0.25) is 11.3 Å². The first kappa shape index (κ1) is 9.66. The van der Waals surface area contributed by atoms with Crippen LogP contribution in [0, 0.1) is 0 Å². The molecule has 0 rings (SSSR count). The average Bonchev–Trinajstić information content (AvgIpc) is 1.98. The van der Waals surface area contributed by atoms with Gasteiger partial charge in [-0.1, -0.05) is 25.8 Å². The third-order valence-corrected chi connectivity index (χ3v) is 1.59. The van der Waals surface area contributed by atoms with Gasteiger partial charge >= 0.3 is 0 Å². The summed E-state index contributed by atoms with van der Waals surface area (Å²) in [5.74, 6) is 5.30. The van der Waals surface area contributed by atoms with Gasteiger partial charge < -0.3 is 0 Å². The van der Waals surface area contributed by atoms with E-state index in [1.807, 2.05) is 6.08 Å². The van der Waals surface area contributed by atoms with Crippen LogP contribution in [0.1, 0.15) is 32.6 Å². The SMILES string of the molecule is C=CCC(CCCC)NN. The van der Waals surface area contributed by atoms with Crippen molar-refractivity contribution in [3.8, 4) is 0 Å². The molecule has 0 bridgehead atoms. The summed E-state index contributed by atoms with van der Waals surface area (Å²) in [4.78, 5) is 0. The minimum absolute atomic E-state index is 0.428. The zero-order chi connectivity index (χ0) is 7.82. The van der Waals surface area contributed by atoms with Crippen LogP contribution in [0.25, 0.3) is 0 Å². The van der Waals surface area contributed by atoms with Crippen LogP contribution in [-0.4, -0.2) is 6.04 Å². The van der Waals surface area contributed by atoms with E-state index >= 15 is 0 Å². The molecule has 3 N–H and O–H groups in total. The number of rotatable bonds is 6. The van der Waals surface area contributed by atoms with Gasteiger partial charge in [0, 0.05) is 6.04 Å². The van der Waals surface area contributed by atoms with E-state index in [0.717, 1.165) is 12.8 Å². The molecule has 2 heteroatoms. The fraction of sp³-hybridized carbons (Fsp3) is 0.750. The van der Waals surface area contributed by atoms with Gasteiger partial charge in [-0.2, -0.15) is 0 Å². The highest BCUT2D eigenvalue weighted by molar-refractivity contribution is 4.75. The summed E-state index contributed by atoms with van der Waals surface area (Å²) >= 11 is 0. The number of hydrogen-bond acceptors (Lipinski definition) is 2. The Morgan fingerprint density at radius 2 is 2.40 bits per heavy atom. The molecule has 1 unspecified atom stereocenters. The topological polar surface area (TPSA) is 38.0 Å². The summed E-state index contributed by atoms with van der Waals surface area (Å²) < 4.78 is 0. The smallest absolute Gasteiger partial charge is 0.0244 e. The van der Waals surface area contributed by atoms with Crippen molar-refractivity contribution in [2.24, 2.45) is 5.84 Å². The molecule has 0 aliphatic heterocycles. The van der Waals surface area contributed by atoms with Crippen molar-refractivity contribution in [1.82, 2.24) is 5.43 Å². The Kier molecular flexibility index (Phi) is 6.55. The molecule has 0 aliphatic carbocycles. The van der Waals surface area contributed by atoms with Crippen LogP contribution < -0.4 is 11.3 Å². The third-order valence-electron chi connectivity index (χ3n) is 1.59. The van der Waals surface area contributed by atoms with E-state index in [0.29, 0.717) is 6.04 Å². The summed E-state index contributed by atoms with van der Waals surface area (Å²) in [7, 11) is 0. The maximum Gasteiger partial charge on any atom is 0.0244 e. The molecule has 1 atom stereocenters. The monoisotopic (exact) mass is 142 g/mol. The van der Waals surface area contributed by atoms with Gasteiger partial charge in [-0.05, 0) is 12.8 Å². The van der Waals surface area contributed by atoms with E-state index in [4.69, 9.17) is 5.84 Å². The number of hydrazine groups is 1. The first-order chi connectivity index (χ1) is 4.85. The average molecular weight is 142 g/mol. The van der Waals surface area contributed by atoms with Gasteiger partial charge in [0.1, 0.15) is 0 Å². The van der Waals surface area contributed by atoms with Gasteiger partial charge in [-0.25, -0.2) is 0 Å². The van der Waals surface area contributed by atoms with Crippen molar-refractivity contribution in [3.63, 3.8) is 0 Å². The van der Waals surface area contributed by atoms with Gasteiger partial charge in [0.05, 0.1) is 0 Å². The van der Waals surface area contributed by atoms with Gasteiger partial charge in [-0.15, -0.1) is 6.58 Å². The number of nitrogens with two attached hydrogens (primary N) is 1. The molecule has 0 aromatic heterocycles. The Hall–Kier alpha value is -0.340. The fourth-order valence-electron chi connectivity index (χ4n) is 0.921. The second kappa shape index (κ2) is 6.78. The Labute approximate surface area is 63.5 Å². The summed E-state index contributed by atoms with van der Waals surface area (Å²) in [5, 5.41) is 0. The van der Waals surface area contributed by atoms with Crippen molar-refractivity contribution < 1.29 is 0 Å². The molecule has 0 saturated carbocycles. The molecule has 10 heavy (non-hydrogen) atoms. The normalized spacial score (nSPS) is 13.0. The molecule has 0 fully saturated rings. The highest BCUT2D eigenvalue weighted by atomic mass is 15.2. The summed E-state index contributed by atoms with van der Waals surface area (Å²) in [6.07, 6.45) is 6.49. The third kappa shape index (κ3) is 4.53. The second-order valence-electron chi connectivity index (χ2n) is 2.53. The van der Waals surface area contributed by atoms with Crippen LogP contribution >= 0.6 is 0 Å². The molecule has 0 aromatic carbocycles. The Morgan fingerprint density at radius 1 is 1.70 bits per heavy atom. The lowest BCUT2D eigenvalue weighted by atomic mass is 10.1. The second-order valence-corrected chi connectivity index (χ2v) is 2.53. The Bertz CT molecular complexity index is 81.3. The Morgan fingerprint density at radius 3 is 2.80 bits per heavy atom. The molecule has 0 radical (unpaired) electrons. The lowest BCUT2D eigenvalue weighted by Crippen LogP contribution is -2.34. The van der Waals surface area contributed by atoms with Crippen molar-refractivity contribution in [3.05, 3.63) is 12.7 Å². The van der Waals surface area contributed by atoms with Crippen LogP contribution in [0.2, 0.25) is 0 Å². The molecule has 0 saturated heterocycles.